The van der Waals surface area contributed by atoms with Crippen molar-refractivity contribution in [1.82, 2.24) is 15.0 Å². The van der Waals surface area contributed by atoms with Crippen LogP contribution in [-0.4, -0.2) is 51.6 Å². The number of carbonyl (C=O) groups excluding carboxylic acids is 2. The van der Waals surface area contributed by atoms with Gasteiger partial charge in [-0.2, -0.15) is 0 Å². The van der Waals surface area contributed by atoms with Crippen molar-refractivity contribution in [2.45, 2.75) is 25.9 Å². The second kappa shape index (κ2) is 9.81. The van der Waals surface area contributed by atoms with E-state index in [0.717, 1.165) is 16.1 Å². The van der Waals surface area contributed by atoms with Gasteiger partial charge in [-0.15, -0.1) is 0 Å². The van der Waals surface area contributed by atoms with E-state index in [0.29, 0.717) is 46.1 Å². The number of anilines is 2. The van der Waals surface area contributed by atoms with Crippen molar-refractivity contribution in [3.63, 3.8) is 0 Å². The number of ether oxygens (including phenoxy) is 1. The zero-order valence-corrected chi connectivity index (χ0v) is 21.1. The van der Waals surface area contributed by atoms with Crippen LogP contribution in [0.1, 0.15) is 28.9 Å². The third-order valence-corrected chi connectivity index (χ3v) is 7.07. The maximum Gasteiger partial charge on any atom is 0.259 e. The third-order valence-electron chi connectivity index (χ3n) is 5.93. The lowest BCUT2D eigenvalue weighted by Gasteiger charge is -2.29. The number of methoxy groups -OCH3 is 1. The SMILES string of the molecule is COc1cnc(Cl)cc1-c1cc(C)ncc1C(=O)Nc1nc2ccc(N3CC[C@@H](O)CC3=O)cc2s1. The molecular weight excluding hydrogens is 502 g/mol. The summed E-state index contributed by atoms with van der Waals surface area (Å²) in [6.45, 7) is 2.29. The van der Waals surface area contributed by atoms with Crippen LogP contribution in [0.25, 0.3) is 21.3 Å². The number of amides is 2. The van der Waals surface area contributed by atoms with Gasteiger partial charge in [0.1, 0.15) is 10.9 Å². The van der Waals surface area contributed by atoms with Crippen molar-refractivity contribution in [3.8, 4) is 16.9 Å². The number of piperidine rings is 1. The van der Waals surface area contributed by atoms with Gasteiger partial charge in [-0.1, -0.05) is 22.9 Å². The maximum atomic E-state index is 13.3. The Labute approximate surface area is 215 Å². The number of aryl methyl sites for hydroxylation is 1. The molecule has 1 saturated heterocycles. The van der Waals surface area contributed by atoms with Crippen LogP contribution in [0.15, 0.2) is 42.7 Å². The van der Waals surface area contributed by atoms with Crippen LogP contribution in [0.2, 0.25) is 5.15 Å². The number of hydrogen-bond donors (Lipinski definition) is 2. The summed E-state index contributed by atoms with van der Waals surface area (Å²) in [6.07, 6.45) is 3.08. The number of hydrogen-bond acceptors (Lipinski definition) is 8. The molecule has 1 atom stereocenters. The van der Waals surface area contributed by atoms with E-state index in [2.05, 4.69) is 20.3 Å². The van der Waals surface area contributed by atoms with Crippen molar-refractivity contribution in [3.05, 3.63) is 59.1 Å². The Balaban J connectivity index is 1.44. The Kier molecular flexibility index (Phi) is 6.57. The molecule has 2 N–H and O–H groups in total. The van der Waals surface area contributed by atoms with Crippen molar-refractivity contribution in [1.29, 1.82) is 0 Å². The second-order valence-electron chi connectivity index (χ2n) is 8.40. The summed E-state index contributed by atoms with van der Waals surface area (Å²) in [7, 11) is 1.52. The molecule has 36 heavy (non-hydrogen) atoms. The van der Waals surface area contributed by atoms with Crippen LogP contribution in [0, 0.1) is 6.92 Å². The highest BCUT2D eigenvalue weighted by Crippen LogP contribution is 2.35. The number of rotatable bonds is 5. The highest BCUT2D eigenvalue weighted by molar-refractivity contribution is 7.22. The molecule has 1 aliphatic heterocycles. The highest BCUT2D eigenvalue weighted by Gasteiger charge is 2.26. The van der Waals surface area contributed by atoms with E-state index in [1.165, 1.54) is 30.8 Å². The summed E-state index contributed by atoms with van der Waals surface area (Å²) in [5.74, 6) is -0.0181. The predicted molar refractivity (Wildman–Crippen MR) is 139 cm³/mol. The summed E-state index contributed by atoms with van der Waals surface area (Å²) in [5.41, 5.74) is 3.73. The number of aromatic nitrogens is 3. The number of aliphatic hydroxyl groups excluding tert-OH is 1. The number of benzene rings is 1. The van der Waals surface area contributed by atoms with Gasteiger partial charge in [-0.05, 0) is 43.7 Å². The predicted octanol–water partition coefficient (Wildman–Crippen LogP) is 4.46. The monoisotopic (exact) mass is 523 g/mol. The average molecular weight is 524 g/mol. The molecule has 1 aliphatic rings. The molecule has 1 fully saturated rings. The molecule has 3 aromatic heterocycles. The van der Waals surface area contributed by atoms with Crippen LogP contribution in [0.4, 0.5) is 10.8 Å². The van der Waals surface area contributed by atoms with E-state index >= 15 is 0 Å². The molecule has 11 heteroatoms. The minimum absolute atomic E-state index is 0.114. The first-order valence-electron chi connectivity index (χ1n) is 11.2. The van der Waals surface area contributed by atoms with Gasteiger partial charge in [-0.3, -0.25) is 19.9 Å². The van der Waals surface area contributed by atoms with Gasteiger partial charge in [0.05, 0.1) is 41.6 Å². The summed E-state index contributed by atoms with van der Waals surface area (Å²) < 4.78 is 6.26. The first kappa shape index (κ1) is 24.1. The van der Waals surface area contributed by atoms with E-state index in [1.54, 1.807) is 17.0 Å². The normalized spacial score (nSPS) is 15.8. The summed E-state index contributed by atoms with van der Waals surface area (Å²) in [6, 6.07) is 8.95. The van der Waals surface area contributed by atoms with Gasteiger partial charge in [0, 0.05) is 35.2 Å². The van der Waals surface area contributed by atoms with Crippen LogP contribution in [-0.2, 0) is 4.79 Å². The van der Waals surface area contributed by atoms with Crippen LogP contribution in [0.3, 0.4) is 0 Å². The molecule has 4 heterocycles. The molecule has 184 valence electrons. The number of carbonyl (C=O) groups is 2. The Morgan fingerprint density at radius 3 is 2.83 bits per heavy atom. The van der Waals surface area contributed by atoms with Gasteiger partial charge in [-0.25, -0.2) is 9.97 Å². The van der Waals surface area contributed by atoms with Crippen molar-refractivity contribution >= 4 is 55.8 Å². The molecule has 9 nitrogen and oxygen atoms in total. The molecule has 0 unspecified atom stereocenters. The van der Waals surface area contributed by atoms with E-state index in [-0.39, 0.29) is 23.4 Å². The minimum Gasteiger partial charge on any atom is -0.494 e. The molecule has 0 bridgehead atoms. The minimum atomic E-state index is -0.591. The van der Waals surface area contributed by atoms with Crippen LogP contribution in [0.5, 0.6) is 5.75 Å². The quantitative estimate of drug-likeness (QED) is 0.371. The lowest BCUT2D eigenvalue weighted by atomic mass is 10.0. The number of halogens is 1. The van der Waals surface area contributed by atoms with Crippen LogP contribution >= 0.6 is 22.9 Å². The average Bonchev–Trinajstić information content (AvgIpc) is 3.25. The first-order chi connectivity index (χ1) is 17.3. The lowest BCUT2D eigenvalue weighted by molar-refractivity contribution is -0.122. The molecule has 2 amide bonds. The zero-order valence-electron chi connectivity index (χ0n) is 19.5. The van der Waals surface area contributed by atoms with E-state index < -0.39 is 6.10 Å². The molecule has 4 aromatic rings. The standard InChI is InChI=1S/C25H22ClN5O4S/c1-13-7-16(17-10-22(26)28-12-20(17)35-2)18(11-27-13)24(34)30-25-29-19-4-3-14(8-21(19)36-25)31-6-5-15(32)9-23(31)33/h3-4,7-8,10-12,15,32H,5-6,9H2,1-2H3,(H,29,30,34)/t15-/m1/s1. The summed E-state index contributed by atoms with van der Waals surface area (Å²) in [5, 5.41) is 13.3. The van der Waals surface area contributed by atoms with Crippen molar-refractivity contribution in [2.24, 2.45) is 0 Å². The van der Waals surface area contributed by atoms with E-state index in [1.807, 2.05) is 25.1 Å². The maximum absolute atomic E-state index is 13.3. The number of nitrogens with zero attached hydrogens (tertiary/aromatic N) is 4. The number of aliphatic hydroxyl groups is 1. The Morgan fingerprint density at radius 2 is 2.06 bits per heavy atom. The third kappa shape index (κ3) is 4.75. The fourth-order valence-corrected chi connectivity index (χ4v) is 5.19. The molecule has 5 rings (SSSR count). The topological polar surface area (TPSA) is 118 Å². The van der Waals surface area contributed by atoms with E-state index in [4.69, 9.17) is 16.3 Å². The molecule has 0 radical (unpaired) electrons. The zero-order chi connectivity index (χ0) is 25.4. The summed E-state index contributed by atoms with van der Waals surface area (Å²) >= 11 is 7.44. The first-order valence-corrected chi connectivity index (χ1v) is 12.4. The number of thiazole rings is 1. The van der Waals surface area contributed by atoms with Crippen molar-refractivity contribution < 1.29 is 19.4 Å². The van der Waals surface area contributed by atoms with Gasteiger partial charge in [0.25, 0.3) is 5.91 Å². The van der Waals surface area contributed by atoms with Crippen LogP contribution < -0.4 is 15.0 Å². The Hall–Kier alpha value is -3.60. The summed E-state index contributed by atoms with van der Waals surface area (Å²) in [4.78, 5) is 40.2. The Morgan fingerprint density at radius 1 is 1.22 bits per heavy atom. The van der Waals surface area contributed by atoms with Gasteiger partial charge >= 0.3 is 0 Å². The molecule has 0 saturated carbocycles. The van der Waals surface area contributed by atoms with Gasteiger partial charge < -0.3 is 14.7 Å². The number of nitrogens with one attached hydrogen (secondary N) is 1. The lowest BCUT2D eigenvalue weighted by Crippen LogP contribution is -2.40. The number of fused-ring (bicyclic) bond motifs is 1. The van der Waals surface area contributed by atoms with Crippen molar-refractivity contribution in [2.75, 3.05) is 23.9 Å². The highest BCUT2D eigenvalue weighted by atomic mass is 35.5. The molecular formula is C25H22ClN5O4S. The Bertz CT molecular complexity index is 1490. The van der Waals surface area contributed by atoms with Gasteiger partial charge in [0.2, 0.25) is 5.91 Å². The van der Waals surface area contributed by atoms with E-state index in [9.17, 15) is 14.7 Å². The fraction of sp³-hybridized carbons (Fsp3) is 0.240. The number of pyridine rings is 2. The largest absolute Gasteiger partial charge is 0.494 e. The molecule has 1 aromatic carbocycles. The second-order valence-corrected chi connectivity index (χ2v) is 9.81. The van der Waals surface area contributed by atoms with Gasteiger partial charge in [0.15, 0.2) is 5.13 Å². The smallest absolute Gasteiger partial charge is 0.259 e. The fourth-order valence-electron chi connectivity index (χ4n) is 4.14. The molecule has 0 aliphatic carbocycles. The molecule has 0 spiro atoms.